The Morgan fingerprint density at radius 1 is 1.07 bits per heavy atom. The van der Waals surface area contributed by atoms with E-state index in [1.807, 2.05) is 30.3 Å². The fourth-order valence-electron chi connectivity index (χ4n) is 3.16. The SMILES string of the molecule is CC(C)(C)c1ccc(C(CC(=O)O)NC(=O)c2cc(=O)n(-c3ccccc3)[nH]2)cc1. The molecule has 1 unspecified atom stereocenters. The van der Waals surface area contributed by atoms with Crippen LogP contribution in [0.15, 0.2) is 65.5 Å². The van der Waals surface area contributed by atoms with E-state index < -0.39 is 17.9 Å². The maximum Gasteiger partial charge on any atom is 0.305 e. The van der Waals surface area contributed by atoms with E-state index in [2.05, 4.69) is 31.2 Å². The third-order valence-corrected chi connectivity index (χ3v) is 4.84. The molecule has 1 atom stereocenters. The smallest absolute Gasteiger partial charge is 0.305 e. The largest absolute Gasteiger partial charge is 0.481 e. The summed E-state index contributed by atoms with van der Waals surface area (Å²) in [7, 11) is 0. The molecule has 0 aliphatic heterocycles. The molecule has 1 amide bonds. The van der Waals surface area contributed by atoms with Gasteiger partial charge in [-0.3, -0.25) is 19.5 Å². The number of amides is 1. The zero-order chi connectivity index (χ0) is 21.9. The first-order valence-corrected chi connectivity index (χ1v) is 9.66. The standard InChI is InChI=1S/C23H25N3O4/c1-23(2,3)16-11-9-15(10-12-16)18(14-21(28)29)24-22(30)19-13-20(27)26(25-19)17-7-5-4-6-8-17/h4-13,18,25H,14H2,1-3H3,(H,24,30)(H,28,29). The van der Waals surface area contributed by atoms with Crippen molar-refractivity contribution in [2.24, 2.45) is 0 Å². The molecule has 1 heterocycles. The van der Waals surface area contributed by atoms with Gasteiger partial charge >= 0.3 is 5.97 Å². The average Bonchev–Trinajstić information content (AvgIpc) is 3.09. The number of hydrogen-bond acceptors (Lipinski definition) is 3. The molecular weight excluding hydrogens is 382 g/mol. The summed E-state index contributed by atoms with van der Waals surface area (Å²) in [6.45, 7) is 6.27. The molecule has 156 valence electrons. The fraction of sp³-hybridized carbons (Fsp3) is 0.261. The third kappa shape index (κ3) is 4.86. The molecule has 0 saturated carbocycles. The number of H-pyrrole nitrogens is 1. The number of aromatic nitrogens is 2. The number of para-hydroxylation sites is 1. The highest BCUT2D eigenvalue weighted by Gasteiger charge is 2.22. The van der Waals surface area contributed by atoms with Gasteiger partial charge in [0.05, 0.1) is 18.2 Å². The minimum Gasteiger partial charge on any atom is -0.481 e. The molecular formula is C23H25N3O4. The molecule has 0 radical (unpaired) electrons. The lowest BCUT2D eigenvalue weighted by Gasteiger charge is -2.21. The summed E-state index contributed by atoms with van der Waals surface area (Å²) in [6, 6.07) is 16.9. The second-order valence-electron chi connectivity index (χ2n) is 8.17. The number of nitrogens with zero attached hydrogens (tertiary/aromatic N) is 1. The van der Waals surface area contributed by atoms with Crippen molar-refractivity contribution >= 4 is 11.9 Å². The molecule has 1 aromatic heterocycles. The van der Waals surface area contributed by atoms with E-state index in [1.165, 1.54) is 10.7 Å². The van der Waals surface area contributed by atoms with Gasteiger partial charge in [0, 0.05) is 6.07 Å². The van der Waals surface area contributed by atoms with Crippen LogP contribution in [0.5, 0.6) is 0 Å². The van der Waals surface area contributed by atoms with E-state index in [-0.39, 0.29) is 23.1 Å². The molecule has 30 heavy (non-hydrogen) atoms. The molecule has 0 fully saturated rings. The number of rotatable bonds is 6. The molecule has 7 heteroatoms. The number of carbonyl (C=O) groups excluding carboxylic acids is 1. The van der Waals surface area contributed by atoms with Gasteiger partial charge in [-0.15, -0.1) is 0 Å². The highest BCUT2D eigenvalue weighted by Crippen LogP contribution is 2.25. The number of aromatic amines is 1. The number of hydrogen-bond donors (Lipinski definition) is 3. The Morgan fingerprint density at radius 3 is 2.27 bits per heavy atom. The molecule has 2 aromatic carbocycles. The summed E-state index contributed by atoms with van der Waals surface area (Å²) in [5.41, 5.74) is 2.03. The van der Waals surface area contributed by atoms with Crippen LogP contribution in [0.25, 0.3) is 5.69 Å². The van der Waals surface area contributed by atoms with Crippen LogP contribution < -0.4 is 10.9 Å². The van der Waals surface area contributed by atoms with E-state index in [0.29, 0.717) is 11.3 Å². The number of carboxylic acid groups (broad SMARTS) is 1. The summed E-state index contributed by atoms with van der Waals surface area (Å²) in [5.74, 6) is -1.58. The van der Waals surface area contributed by atoms with Gasteiger partial charge in [0.15, 0.2) is 0 Å². The highest BCUT2D eigenvalue weighted by atomic mass is 16.4. The van der Waals surface area contributed by atoms with Gasteiger partial charge in [0.2, 0.25) is 0 Å². The number of aliphatic carboxylic acids is 1. The van der Waals surface area contributed by atoms with Crippen molar-refractivity contribution in [3.63, 3.8) is 0 Å². The van der Waals surface area contributed by atoms with Crippen molar-refractivity contribution in [2.45, 2.75) is 38.6 Å². The van der Waals surface area contributed by atoms with Crippen molar-refractivity contribution in [3.8, 4) is 5.69 Å². The van der Waals surface area contributed by atoms with Gasteiger partial charge in [-0.05, 0) is 28.7 Å². The molecule has 3 aromatic rings. The van der Waals surface area contributed by atoms with Gasteiger partial charge in [-0.25, -0.2) is 4.68 Å². The van der Waals surface area contributed by atoms with Gasteiger partial charge in [0.1, 0.15) is 5.69 Å². The Morgan fingerprint density at radius 2 is 1.70 bits per heavy atom. The van der Waals surface area contributed by atoms with Gasteiger partial charge in [0.25, 0.3) is 11.5 Å². The lowest BCUT2D eigenvalue weighted by atomic mass is 9.86. The van der Waals surface area contributed by atoms with Crippen LogP contribution in [-0.4, -0.2) is 26.8 Å². The van der Waals surface area contributed by atoms with Crippen molar-refractivity contribution in [3.05, 3.63) is 87.8 Å². The first-order valence-electron chi connectivity index (χ1n) is 9.66. The maximum absolute atomic E-state index is 12.7. The third-order valence-electron chi connectivity index (χ3n) is 4.84. The summed E-state index contributed by atoms with van der Waals surface area (Å²) in [6.07, 6.45) is -0.274. The van der Waals surface area contributed by atoms with E-state index in [9.17, 15) is 19.5 Å². The van der Waals surface area contributed by atoms with Gasteiger partial charge in [-0.2, -0.15) is 0 Å². The summed E-state index contributed by atoms with van der Waals surface area (Å²) >= 11 is 0. The molecule has 3 rings (SSSR count). The Labute approximate surface area is 174 Å². The topological polar surface area (TPSA) is 104 Å². The molecule has 7 nitrogen and oxygen atoms in total. The lowest BCUT2D eigenvalue weighted by molar-refractivity contribution is -0.137. The number of carbonyl (C=O) groups is 2. The number of nitrogens with one attached hydrogen (secondary N) is 2. The Bertz CT molecular complexity index is 1090. The second kappa shape index (κ2) is 8.41. The van der Waals surface area contributed by atoms with Crippen LogP contribution in [0.2, 0.25) is 0 Å². The second-order valence-corrected chi connectivity index (χ2v) is 8.17. The first-order chi connectivity index (χ1) is 14.1. The van der Waals surface area contributed by atoms with Crippen molar-refractivity contribution < 1.29 is 14.7 Å². The van der Waals surface area contributed by atoms with E-state index in [4.69, 9.17) is 0 Å². The number of carboxylic acids is 1. The van der Waals surface area contributed by atoms with Gasteiger partial charge < -0.3 is 10.4 Å². The Hall–Kier alpha value is -3.61. The zero-order valence-electron chi connectivity index (χ0n) is 17.2. The summed E-state index contributed by atoms with van der Waals surface area (Å²) in [4.78, 5) is 36.4. The monoisotopic (exact) mass is 407 g/mol. The maximum atomic E-state index is 12.7. The van der Waals surface area contributed by atoms with Crippen LogP contribution in [0.4, 0.5) is 0 Å². The molecule has 0 aliphatic carbocycles. The highest BCUT2D eigenvalue weighted by molar-refractivity contribution is 5.92. The minimum atomic E-state index is -1.03. The normalized spacial score (nSPS) is 12.4. The van der Waals surface area contributed by atoms with Crippen LogP contribution in [0.3, 0.4) is 0 Å². The van der Waals surface area contributed by atoms with Crippen molar-refractivity contribution in [1.82, 2.24) is 15.1 Å². The average molecular weight is 407 g/mol. The zero-order valence-corrected chi connectivity index (χ0v) is 17.2. The lowest BCUT2D eigenvalue weighted by Crippen LogP contribution is -2.30. The van der Waals surface area contributed by atoms with Crippen LogP contribution in [-0.2, 0) is 10.2 Å². The van der Waals surface area contributed by atoms with Crippen LogP contribution >= 0.6 is 0 Å². The Kier molecular flexibility index (Phi) is 5.91. The van der Waals surface area contributed by atoms with Crippen LogP contribution in [0.1, 0.15) is 54.8 Å². The summed E-state index contributed by atoms with van der Waals surface area (Å²) in [5, 5.41) is 14.8. The van der Waals surface area contributed by atoms with Crippen molar-refractivity contribution in [1.29, 1.82) is 0 Å². The molecule has 0 bridgehead atoms. The van der Waals surface area contributed by atoms with E-state index in [0.717, 1.165) is 5.56 Å². The number of benzene rings is 2. The quantitative estimate of drug-likeness (QED) is 0.582. The molecule has 0 saturated heterocycles. The Balaban J connectivity index is 1.84. The fourth-order valence-corrected chi connectivity index (χ4v) is 3.16. The first kappa shape index (κ1) is 21.1. The van der Waals surface area contributed by atoms with Crippen LogP contribution in [0, 0.1) is 0 Å². The molecule has 0 aliphatic rings. The van der Waals surface area contributed by atoms with E-state index >= 15 is 0 Å². The molecule has 3 N–H and O–H groups in total. The van der Waals surface area contributed by atoms with E-state index in [1.54, 1.807) is 24.3 Å². The summed E-state index contributed by atoms with van der Waals surface area (Å²) < 4.78 is 1.26. The predicted octanol–water partition coefficient (Wildman–Crippen LogP) is 3.41. The minimum absolute atomic E-state index is 0.0378. The van der Waals surface area contributed by atoms with Crippen molar-refractivity contribution in [2.75, 3.05) is 0 Å². The van der Waals surface area contributed by atoms with Gasteiger partial charge in [-0.1, -0.05) is 63.2 Å². The predicted molar refractivity (Wildman–Crippen MR) is 114 cm³/mol. The molecule has 0 spiro atoms.